The van der Waals surface area contributed by atoms with Gasteiger partial charge in [0.05, 0.1) is 18.8 Å². The van der Waals surface area contributed by atoms with Gasteiger partial charge in [-0.3, -0.25) is 4.79 Å². The fraction of sp³-hybridized carbons (Fsp3) is 0.636. The molecule has 1 aromatic rings. The molecule has 3 N–H and O–H groups in total. The summed E-state index contributed by atoms with van der Waals surface area (Å²) < 4.78 is 6.70. The van der Waals surface area contributed by atoms with Crippen molar-refractivity contribution >= 4 is 11.9 Å². The molecule has 1 amide bonds. The first-order chi connectivity index (χ1) is 9.61. The highest BCUT2D eigenvalue weighted by Crippen LogP contribution is 2.19. The molecule has 0 aromatic carbocycles. The highest BCUT2D eigenvalue weighted by atomic mass is 16.5. The van der Waals surface area contributed by atoms with Gasteiger partial charge >= 0.3 is 5.97 Å². The molecule has 2 aliphatic heterocycles. The second-order valence-electron chi connectivity index (χ2n) is 5.04. The Morgan fingerprint density at radius 2 is 2.35 bits per heavy atom. The number of ether oxygens (including phenoxy) is 1. The molecule has 0 aliphatic carbocycles. The van der Waals surface area contributed by atoms with Crippen molar-refractivity contribution in [2.45, 2.75) is 18.0 Å². The van der Waals surface area contributed by atoms with Crippen LogP contribution in [0.5, 0.6) is 0 Å². The molecular weight excluding hydrogens is 266 g/mol. The van der Waals surface area contributed by atoms with Gasteiger partial charge in [-0.15, -0.1) is 5.10 Å². The molecule has 0 spiro atoms. The third kappa shape index (κ3) is 2.14. The van der Waals surface area contributed by atoms with E-state index in [9.17, 15) is 14.7 Å². The lowest BCUT2D eigenvalue weighted by molar-refractivity contribution is -0.144. The van der Waals surface area contributed by atoms with Crippen LogP contribution in [0.2, 0.25) is 0 Å². The SMILES string of the molecule is O=C(NC1(C(=O)O)CCOC1)c1cn(C2CNC2)nn1. The summed E-state index contributed by atoms with van der Waals surface area (Å²) >= 11 is 0. The second kappa shape index (κ2) is 4.84. The lowest BCUT2D eigenvalue weighted by Gasteiger charge is -2.26. The van der Waals surface area contributed by atoms with Crippen LogP contribution < -0.4 is 10.6 Å². The first kappa shape index (κ1) is 13.0. The van der Waals surface area contributed by atoms with Gasteiger partial charge in [-0.05, 0) is 0 Å². The highest BCUT2D eigenvalue weighted by molar-refractivity contribution is 5.96. The van der Waals surface area contributed by atoms with E-state index >= 15 is 0 Å². The van der Waals surface area contributed by atoms with Crippen LogP contribution in [0.15, 0.2) is 6.20 Å². The normalized spacial score (nSPS) is 26.2. The van der Waals surface area contributed by atoms with Crippen molar-refractivity contribution in [3.05, 3.63) is 11.9 Å². The van der Waals surface area contributed by atoms with Gasteiger partial charge in [0.2, 0.25) is 0 Å². The van der Waals surface area contributed by atoms with Crippen molar-refractivity contribution in [3.8, 4) is 0 Å². The van der Waals surface area contributed by atoms with Crippen molar-refractivity contribution in [1.82, 2.24) is 25.6 Å². The highest BCUT2D eigenvalue weighted by Gasteiger charge is 2.44. The molecule has 0 bridgehead atoms. The van der Waals surface area contributed by atoms with Gasteiger partial charge in [-0.1, -0.05) is 5.21 Å². The van der Waals surface area contributed by atoms with Crippen LogP contribution >= 0.6 is 0 Å². The van der Waals surface area contributed by atoms with Crippen LogP contribution in [0.4, 0.5) is 0 Å². The number of aliphatic carboxylic acids is 1. The molecule has 9 heteroatoms. The molecule has 9 nitrogen and oxygen atoms in total. The lowest BCUT2D eigenvalue weighted by atomic mass is 9.99. The molecule has 108 valence electrons. The van der Waals surface area contributed by atoms with Crippen LogP contribution in [0, 0.1) is 0 Å². The van der Waals surface area contributed by atoms with E-state index in [1.54, 1.807) is 4.68 Å². The van der Waals surface area contributed by atoms with Gasteiger partial charge in [0.15, 0.2) is 11.2 Å². The summed E-state index contributed by atoms with van der Waals surface area (Å²) in [6.45, 7) is 1.86. The summed E-state index contributed by atoms with van der Waals surface area (Å²) in [4.78, 5) is 23.4. The predicted molar refractivity (Wildman–Crippen MR) is 65.2 cm³/mol. The maximum absolute atomic E-state index is 12.1. The molecule has 20 heavy (non-hydrogen) atoms. The summed E-state index contributed by atoms with van der Waals surface area (Å²) in [7, 11) is 0. The first-order valence-electron chi connectivity index (χ1n) is 6.37. The Kier molecular flexibility index (Phi) is 3.14. The van der Waals surface area contributed by atoms with Gasteiger partial charge in [0, 0.05) is 26.1 Å². The molecule has 0 saturated carbocycles. The summed E-state index contributed by atoms with van der Waals surface area (Å²) in [5.74, 6) is -1.64. The van der Waals surface area contributed by atoms with Crippen molar-refractivity contribution < 1.29 is 19.4 Å². The number of aromatic nitrogens is 3. The number of hydrogen-bond acceptors (Lipinski definition) is 6. The van der Waals surface area contributed by atoms with E-state index in [0.717, 1.165) is 13.1 Å². The molecule has 0 radical (unpaired) electrons. The molecule has 2 saturated heterocycles. The van der Waals surface area contributed by atoms with E-state index in [1.165, 1.54) is 6.20 Å². The Labute approximate surface area is 114 Å². The Morgan fingerprint density at radius 1 is 1.55 bits per heavy atom. The smallest absolute Gasteiger partial charge is 0.331 e. The topological polar surface area (TPSA) is 118 Å². The maximum Gasteiger partial charge on any atom is 0.331 e. The summed E-state index contributed by atoms with van der Waals surface area (Å²) in [5.41, 5.74) is -1.25. The number of carbonyl (C=O) groups is 2. The molecular formula is C11H15N5O4. The van der Waals surface area contributed by atoms with Crippen LogP contribution in [0.1, 0.15) is 23.0 Å². The minimum absolute atomic E-state index is 0.0330. The first-order valence-corrected chi connectivity index (χ1v) is 6.37. The van der Waals surface area contributed by atoms with Crippen LogP contribution in [-0.4, -0.2) is 63.8 Å². The van der Waals surface area contributed by atoms with Gasteiger partial charge in [-0.2, -0.15) is 0 Å². The molecule has 2 aliphatic rings. The molecule has 3 rings (SSSR count). The molecule has 2 fully saturated rings. The van der Waals surface area contributed by atoms with E-state index in [4.69, 9.17) is 4.74 Å². The zero-order chi connectivity index (χ0) is 14.2. The monoisotopic (exact) mass is 281 g/mol. The standard InChI is InChI=1S/C11H15N5O4/c17-9(13-11(10(18)19)1-2-20-6-11)8-5-16(15-14-8)7-3-12-4-7/h5,7,12H,1-4,6H2,(H,13,17)(H,18,19). The molecule has 1 unspecified atom stereocenters. The number of hydrogen-bond donors (Lipinski definition) is 3. The van der Waals surface area contributed by atoms with E-state index < -0.39 is 17.4 Å². The Bertz CT molecular complexity index is 533. The van der Waals surface area contributed by atoms with Gasteiger partial charge in [0.25, 0.3) is 5.91 Å². The number of nitrogens with zero attached hydrogens (tertiary/aromatic N) is 3. The fourth-order valence-corrected chi connectivity index (χ4v) is 2.19. The maximum atomic E-state index is 12.1. The van der Waals surface area contributed by atoms with Crippen molar-refractivity contribution in [1.29, 1.82) is 0 Å². The Hall–Kier alpha value is -2.00. The number of rotatable bonds is 4. The lowest BCUT2D eigenvalue weighted by Crippen LogP contribution is -2.55. The largest absolute Gasteiger partial charge is 0.479 e. The van der Waals surface area contributed by atoms with Crippen LogP contribution in [0.25, 0.3) is 0 Å². The number of carbonyl (C=O) groups excluding carboxylic acids is 1. The predicted octanol–water partition coefficient (Wildman–Crippen LogP) is -1.60. The van der Waals surface area contributed by atoms with Gasteiger partial charge < -0.3 is 20.5 Å². The number of amides is 1. The summed E-state index contributed by atoms with van der Waals surface area (Å²) in [6.07, 6.45) is 1.78. The van der Waals surface area contributed by atoms with Gasteiger partial charge in [0.1, 0.15) is 0 Å². The Morgan fingerprint density at radius 3 is 2.90 bits per heavy atom. The average molecular weight is 281 g/mol. The summed E-state index contributed by atoms with van der Waals surface area (Å²) in [5, 5.41) is 22.5. The number of carboxylic acids is 1. The van der Waals surface area contributed by atoms with Crippen molar-refractivity contribution in [2.75, 3.05) is 26.3 Å². The van der Waals surface area contributed by atoms with E-state index in [1.807, 2.05) is 0 Å². The van der Waals surface area contributed by atoms with Crippen LogP contribution in [-0.2, 0) is 9.53 Å². The van der Waals surface area contributed by atoms with Gasteiger partial charge in [-0.25, -0.2) is 9.48 Å². The molecule has 3 heterocycles. The van der Waals surface area contributed by atoms with Crippen molar-refractivity contribution in [3.63, 3.8) is 0 Å². The average Bonchev–Trinajstić information content (AvgIpc) is 2.96. The zero-order valence-electron chi connectivity index (χ0n) is 10.7. The fourth-order valence-electron chi connectivity index (χ4n) is 2.19. The van der Waals surface area contributed by atoms with E-state index in [2.05, 4.69) is 20.9 Å². The Balaban J connectivity index is 1.72. The number of carboxylic acid groups (broad SMARTS) is 1. The quantitative estimate of drug-likeness (QED) is 0.608. The molecule has 1 aromatic heterocycles. The van der Waals surface area contributed by atoms with E-state index in [0.29, 0.717) is 6.61 Å². The minimum atomic E-state index is -1.36. The summed E-state index contributed by atoms with van der Waals surface area (Å²) in [6, 6.07) is 0.201. The van der Waals surface area contributed by atoms with Crippen molar-refractivity contribution in [2.24, 2.45) is 0 Å². The zero-order valence-corrected chi connectivity index (χ0v) is 10.7. The van der Waals surface area contributed by atoms with Crippen LogP contribution in [0.3, 0.4) is 0 Å². The third-order valence-electron chi connectivity index (χ3n) is 3.66. The second-order valence-corrected chi connectivity index (χ2v) is 5.04. The minimum Gasteiger partial charge on any atom is -0.479 e. The third-order valence-corrected chi connectivity index (χ3v) is 3.66. The molecule has 1 atom stereocenters. The number of nitrogens with one attached hydrogen (secondary N) is 2. The van der Waals surface area contributed by atoms with E-state index in [-0.39, 0.29) is 24.8 Å².